The molecule has 1 aromatic rings. The normalized spacial score (nSPS) is 23.4. The van der Waals surface area contributed by atoms with Gasteiger partial charge in [0.25, 0.3) is 5.91 Å². The van der Waals surface area contributed by atoms with Crippen LogP contribution in [0, 0.1) is 5.92 Å². The molecule has 1 heterocycles. The molecule has 2 rings (SSSR count). The first-order valence-electron chi connectivity index (χ1n) is 6.35. The smallest absolute Gasteiger partial charge is 0.349 e. The van der Waals surface area contributed by atoms with Crippen LogP contribution in [0.5, 0.6) is 0 Å². The minimum Gasteiger partial charge on any atom is -0.349 e. The lowest BCUT2D eigenvalue weighted by Gasteiger charge is -2.30. The summed E-state index contributed by atoms with van der Waals surface area (Å²) in [6.07, 6.45) is -0.559. The molecule has 0 aliphatic heterocycles. The van der Waals surface area contributed by atoms with Crippen LogP contribution in [0.4, 0.5) is 13.2 Å². The Hall–Kier alpha value is -1.30. The van der Waals surface area contributed by atoms with Gasteiger partial charge in [0, 0.05) is 18.4 Å². The molecule has 0 radical (unpaired) electrons. The Balaban J connectivity index is 1.90. The van der Waals surface area contributed by atoms with Gasteiger partial charge < -0.3 is 5.32 Å². The summed E-state index contributed by atoms with van der Waals surface area (Å²) in [6.45, 7) is 0. The minimum absolute atomic E-state index is 0.0541. The van der Waals surface area contributed by atoms with Gasteiger partial charge in [0.05, 0.1) is 16.5 Å². The van der Waals surface area contributed by atoms with Crippen LogP contribution in [-0.2, 0) is 0 Å². The van der Waals surface area contributed by atoms with Crippen molar-refractivity contribution in [2.75, 3.05) is 0 Å². The third-order valence-electron chi connectivity index (χ3n) is 3.54. The number of rotatable bonds is 2. The lowest BCUT2D eigenvalue weighted by atomic mass is 9.85. The largest absolute Gasteiger partial charge is 0.391 e. The molecule has 1 N–H and O–H groups in total. The average Bonchev–Trinajstić information content (AvgIpc) is 2.38. The topological polar surface area (TPSA) is 42.0 Å². The van der Waals surface area contributed by atoms with Crippen LogP contribution in [0.2, 0.25) is 5.02 Å². The van der Waals surface area contributed by atoms with Crippen LogP contribution in [0.1, 0.15) is 36.0 Å². The Kier molecular flexibility index (Phi) is 4.52. The molecule has 0 atom stereocenters. The van der Waals surface area contributed by atoms with E-state index >= 15 is 0 Å². The highest BCUT2D eigenvalue weighted by Crippen LogP contribution is 2.37. The number of halogens is 4. The first-order valence-corrected chi connectivity index (χ1v) is 6.73. The summed E-state index contributed by atoms with van der Waals surface area (Å²) in [6, 6.07) is 1.25. The van der Waals surface area contributed by atoms with Crippen LogP contribution >= 0.6 is 11.6 Å². The zero-order chi connectivity index (χ0) is 14.8. The van der Waals surface area contributed by atoms with Crippen molar-refractivity contribution in [3.05, 3.63) is 29.0 Å². The lowest BCUT2D eigenvalue weighted by molar-refractivity contribution is -0.182. The van der Waals surface area contributed by atoms with Gasteiger partial charge in [-0.3, -0.25) is 9.78 Å². The third kappa shape index (κ3) is 3.62. The Morgan fingerprint density at radius 3 is 2.50 bits per heavy atom. The summed E-state index contributed by atoms with van der Waals surface area (Å²) < 4.78 is 37.6. The van der Waals surface area contributed by atoms with E-state index in [2.05, 4.69) is 10.3 Å². The molecule has 1 aromatic heterocycles. The SMILES string of the molecule is O=C(NC1CCC(C(F)(F)F)CC1)c1ccncc1Cl. The number of carbonyl (C=O) groups is 1. The third-order valence-corrected chi connectivity index (χ3v) is 3.84. The van der Waals surface area contributed by atoms with E-state index < -0.39 is 12.1 Å². The van der Waals surface area contributed by atoms with Gasteiger partial charge in [-0.25, -0.2) is 0 Å². The van der Waals surface area contributed by atoms with E-state index in [1.54, 1.807) is 0 Å². The highest BCUT2D eigenvalue weighted by Gasteiger charge is 2.41. The maximum Gasteiger partial charge on any atom is 0.391 e. The zero-order valence-corrected chi connectivity index (χ0v) is 11.3. The van der Waals surface area contributed by atoms with Crippen LogP contribution < -0.4 is 5.32 Å². The fourth-order valence-electron chi connectivity index (χ4n) is 2.39. The molecule has 0 saturated heterocycles. The molecular formula is C13H14ClF3N2O. The fourth-order valence-corrected chi connectivity index (χ4v) is 2.59. The summed E-state index contributed by atoms with van der Waals surface area (Å²) in [4.78, 5) is 15.7. The first kappa shape index (κ1) is 15.1. The minimum atomic E-state index is -4.14. The first-order chi connectivity index (χ1) is 9.38. The molecule has 1 amide bonds. The van der Waals surface area contributed by atoms with Crippen molar-refractivity contribution in [1.29, 1.82) is 0 Å². The van der Waals surface area contributed by atoms with Crippen LogP contribution in [0.25, 0.3) is 0 Å². The molecule has 0 spiro atoms. The molecule has 1 aliphatic carbocycles. The summed E-state index contributed by atoms with van der Waals surface area (Å²) in [5.74, 6) is -1.62. The standard InChI is InChI=1S/C13H14ClF3N2O/c14-11-7-18-6-5-10(11)12(20)19-9-3-1-8(2-4-9)13(15,16)17/h5-9H,1-4H2,(H,19,20). The van der Waals surface area contributed by atoms with Gasteiger partial charge in [-0.15, -0.1) is 0 Å². The molecular weight excluding hydrogens is 293 g/mol. The fraction of sp³-hybridized carbons (Fsp3) is 0.538. The van der Waals surface area contributed by atoms with Crippen molar-refractivity contribution >= 4 is 17.5 Å². The average molecular weight is 307 g/mol. The number of hydrogen-bond donors (Lipinski definition) is 1. The summed E-state index contributed by atoms with van der Waals surface area (Å²) in [5.41, 5.74) is 0.291. The summed E-state index contributed by atoms with van der Waals surface area (Å²) >= 11 is 5.85. The number of pyridine rings is 1. The van der Waals surface area contributed by atoms with E-state index in [-0.39, 0.29) is 29.8 Å². The number of alkyl halides is 3. The van der Waals surface area contributed by atoms with Gasteiger partial charge >= 0.3 is 6.18 Å². The van der Waals surface area contributed by atoms with Gasteiger partial charge in [-0.05, 0) is 31.7 Å². The second kappa shape index (κ2) is 5.99. The molecule has 1 aliphatic rings. The van der Waals surface area contributed by atoms with E-state index in [4.69, 9.17) is 11.6 Å². The van der Waals surface area contributed by atoms with Crippen molar-refractivity contribution in [2.24, 2.45) is 5.92 Å². The Morgan fingerprint density at radius 1 is 1.30 bits per heavy atom. The Morgan fingerprint density at radius 2 is 1.95 bits per heavy atom. The maximum atomic E-state index is 12.5. The summed E-state index contributed by atoms with van der Waals surface area (Å²) in [7, 11) is 0. The van der Waals surface area contributed by atoms with E-state index in [1.165, 1.54) is 18.5 Å². The van der Waals surface area contributed by atoms with Gasteiger partial charge in [0.15, 0.2) is 0 Å². The molecule has 0 bridgehead atoms. The molecule has 0 aromatic carbocycles. The van der Waals surface area contributed by atoms with Crippen LogP contribution in [0.3, 0.4) is 0 Å². The summed E-state index contributed by atoms with van der Waals surface area (Å²) in [5, 5.41) is 2.96. The van der Waals surface area contributed by atoms with E-state index in [9.17, 15) is 18.0 Å². The molecule has 1 saturated carbocycles. The lowest BCUT2D eigenvalue weighted by Crippen LogP contribution is -2.40. The maximum absolute atomic E-state index is 12.5. The van der Waals surface area contributed by atoms with Crippen LogP contribution in [-0.4, -0.2) is 23.1 Å². The van der Waals surface area contributed by atoms with Crippen molar-refractivity contribution in [2.45, 2.75) is 37.9 Å². The van der Waals surface area contributed by atoms with Gasteiger partial charge in [-0.2, -0.15) is 13.2 Å². The van der Waals surface area contributed by atoms with Crippen LogP contribution in [0.15, 0.2) is 18.5 Å². The number of aromatic nitrogens is 1. The molecule has 20 heavy (non-hydrogen) atoms. The van der Waals surface area contributed by atoms with E-state index in [0.29, 0.717) is 18.4 Å². The highest BCUT2D eigenvalue weighted by atomic mass is 35.5. The van der Waals surface area contributed by atoms with Gasteiger partial charge in [0.1, 0.15) is 0 Å². The van der Waals surface area contributed by atoms with Crippen molar-refractivity contribution in [1.82, 2.24) is 10.3 Å². The zero-order valence-electron chi connectivity index (χ0n) is 10.6. The van der Waals surface area contributed by atoms with Gasteiger partial charge in [-0.1, -0.05) is 11.6 Å². The number of amides is 1. The van der Waals surface area contributed by atoms with Crippen molar-refractivity contribution < 1.29 is 18.0 Å². The quantitative estimate of drug-likeness (QED) is 0.907. The predicted molar refractivity (Wildman–Crippen MR) is 68.5 cm³/mol. The molecule has 110 valence electrons. The molecule has 0 unspecified atom stereocenters. The van der Waals surface area contributed by atoms with Crippen molar-refractivity contribution in [3.63, 3.8) is 0 Å². The Labute approximate surface area is 119 Å². The van der Waals surface area contributed by atoms with E-state index in [1.807, 2.05) is 0 Å². The number of carbonyl (C=O) groups excluding carboxylic acids is 1. The molecule has 1 fully saturated rings. The van der Waals surface area contributed by atoms with E-state index in [0.717, 1.165) is 0 Å². The number of nitrogens with zero attached hydrogens (tertiary/aromatic N) is 1. The highest BCUT2D eigenvalue weighted by molar-refractivity contribution is 6.33. The second-order valence-electron chi connectivity index (χ2n) is 4.92. The molecule has 7 heteroatoms. The number of hydrogen-bond acceptors (Lipinski definition) is 2. The molecule has 3 nitrogen and oxygen atoms in total. The predicted octanol–water partition coefficient (Wildman–Crippen LogP) is 3.59. The van der Waals surface area contributed by atoms with Gasteiger partial charge in [0.2, 0.25) is 0 Å². The Bertz CT molecular complexity index is 485. The number of nitrogens with one attached hydrogen (secondary N) is 1. The monoisotopic (exact) mass is 306 g/mol. The second-order valence-corrected chi connectivity index (χ2v) is 5.33. The van der Waals surface area contributed by atoms with Crippen molar-refractivity contribution in [3.8, 4) is 0 Å².